The molecule has 0 aliphatic heterocycles. The zero-order valence-corrected chi connectivity index (χ0v) is 9.73. The van der Waals surface area contributed by atoms with Gasteiger partial charge in [0, 0.05) is 0 Å². The van der Waals surface area contributed by atoms with Crippen LogP contribution in [0.2, 0.25) is 0 Å². The third-order valence-electron chi connectivity index (χ3n) is 2.70. The summed E-state index contributed by atoms with van der Waals surface area (Å²) in [6, 6.07) is 0.230. The van der Waals surface area contributed by atoms with Crippen molar-refractivity contribution in [2.75, 3.05) is 12.3 Å². The van der Waals surface area contributed by atoms with E-state index in [-0.39, 0.29) is 12.0 Å². The molecule has 0 amide bonds. The summed E-state index contributed by atoms with van der Waals surface area (Å²) in [7, 11) is 0. The lowest BCUT2D eigenvalue weighted by Crippen LogP contribution is -2.10. The minimum absolute atomic E-state index is 0.108. The van der Waals surface area contributed by atoms with E-state index in [4.69, 9.17) is 10.5 Å². The molecule has 0 unspecified atom stereocenters. The number of aromatic nitrogens is 6. The van der Waals surface area contributed by atoms with Crippen molar-refractivity contribution in [3.8, 4) is 12.0 Å². The van der Waals surface area contributed by atoms with Gasteiger partial charge in [0.15, 0.2) is 0 Å². The van der Waals surface area contributed by atoms with Crippen LogP contribution in [0.5, 0.6) is 6.01 Å². The molecule has 94 valence electrons. The molecule has 1 fully saturated rings. The Morgan fingerprint density at radius 1 is 1.33 bits per heavy atom. The number of hydrogen-bond acceptors (Lipinski definition) is 7. The largest absolute Gasteiger partial charge is 0.463 e. The topological polar surface area (TPSA) is 105 Å². The third-order valence-corrected chi connectivity index (χ3v) is 2.70. The fourth-order valence-electron chi connectivity index (χ4n) is 1.56. The van der Waals surface area contributed by atoms with Gasteiger partial charge in [0.2, 0.25) is 5.95 Å². The maximum absolute atomic E-state index is 5.61. The standard InChI is InChI=1S/C10H13N7O/c11-8-14-9(17-6-12-5-13-17)16-10(15-8)18-4-3-7-1-2-7/h5-7H,1-4H2,(H2,11,14,15,16). The highest BCUT2D eigenvalue weighted by Crippen LogP contribution is 2.32. The molecule has 8 nitrogen and oxygen atoms in total. The Hall–Kier alpha value is -2.25. The highest BCUT2D eigenvalue weighted by Gasteiger charge is 2.21. The number of anilines is 1. The van der Waals surface area contributed by atoms with Crippen LogP contribution in [0.25, 0.3) is 5.95 Å². The number of hydrogen-bond donors (Lipinski definition) is 1. The summed E-state index contributed by atoms with van der Waals surface area (Å²) in [6.45, 7) is 0.602. The molecule has 0 spiro atoms. The molecule has 1 aliphatic rings. The summed E-state index contributed by atoms with van der Waals surface area (Å²) in [4.78, 5) is 15.9. The van der Waals surface area contributed by atoms with Gasteiger partial charge in [-0.1, -0.05) is 12.8 Å². The predicted octanol–water partition coefficient (Wildman–Crippen LogP) is 0.213. The lowest BCUT2D eigenvalue weighted by Gasteiger charge is -2.05. The Morgan fingerprint density at radius 3 is 2.94 bits per heavy atom. The first kappa shape index (κ1) is 10.9. The van der Waals surface area contributed by atoms with Crippen LogP contribution in [0, 0.1) is 5.92 Å². The summed E-state index contributed by atoms with van der Waals surface area (Å²) < 4.78 is 6.88. The van der Waals surface area contributed by atoms with Gasteiger partial charge in [-0.15, -0.1) is 0 Å². The fraction of sp³-hybridized carbons (Fsp3) is 0.500. The molecule has 1 aliphatic carbocycles. The summed E-state index contributed by atoms with van der Waals surface area (Å²) in [5, 5.41) is 3.93. The van der Waals surface area contributed by atoms with Crippen molar-refractivity contribution in [1.29, 1.82) is 0 Å². The van der Waals surface area contributed by atoms with E-state index in [1.807, 2.05) is 0 Å². The van der Waals surface area contributed by atoms with Crippen LogP contribution in [0.1, 0.15) is 19.3 Å². The van der Waals surface area contributed by atoms with Crippen molar-refractivity contribution in [3.63, 3.8) is 0 Å². The summed E-state index contributed by atoms with van der Waals surface area (Å²) in [6.07, 6.45) is 6.51. The number of rotatable bonds is 5. The first-order valence-corrected chi connectivity index (χ1v) is 5.80. The Bertz CT molecular complexity index is 523. The monoisotopic (exact) mass is 247 g/mol. The number of nitrogen functional groups attached to an aromatic ring is 1. The summed E-state index contributed by atoms with van der Waals surface area (Å²) in [5.41, 5.74) is 5.61. The van der Waals surface area contributed by atoms with Crippen LogP contribution in [-0.4, -0.2) is 36.3 Å². The van der Waals surface area contributed by atoms with E-state index in [0.29, 0.717) is 12.6 Å². The zero-order valence-electron chi connectivity index (χ0n) is 9.73. The maximum atomic E-state index is 5.61. The normalized spacial score (nSPS) is 14.7. The van der Waals surface area contributed by atoms with E-state index in [1.54, 1.807) is 0 Å². The van der Waals surface area contributed by atoms with Crippen LogP contribution in [0.3, 0.4) is 0 Å². The molecule has 2 aromatic rings. The molecule has 0 bridgehead atoms. The second kappa shape index (κ2) is 4.55. The molecule has 3 rings (SSSR count). The Labute approximate surface area is 103 Å². The number of nitrogens with zero attached hydrogens (tertiary/aromatic N) is 6. The fourth-order valence-corrected chi connectivity index (χ4v) is 1.56. The average molecular weight is 247 g/mol. The molecule has 2 heterocycles. The van der Waals surface area contributed by atoms with Crippen molar-refractivity contribution in [1.82, 2.24) is 29.7 Å². The van der Waals surface area contributed by atoms with Crippen molar-refractivity contribution in [2.24, 2.45) is 5.92 Å². The molecule has 8 heteroatoms. The first-order chi connectivity index (χ1) is 8.81. The quantitative estimate of drug-likeness (QED) is 0.805. The van der Waals surface area contributed by atoms with Crippen molar-refractivity contribution < 1.29 is 4.74 Å². The van der Waals surface area contributed by atoms with Gasteiger partial charge in [0.25, 0.3) is 5.95 Å². The van der Waals surface area contributed by atoms with Crippen LogP contribution in [0.15, 0.2) is 12.7 Å². The molecule has 1 saturated carbocycles. The van der Waals surface area contributed by atoms with Gasteiger partial charge in [0.05, 0.1) is 6.61 Å². The minimum Gasteiger partial charge on any atom is -0.463 e. The van der Waals surface area contributed by atoms with Crippen molar-refractivity contribution in [3.05, 3.63) is 12.7 Å². The van der Waals surface area contributed by atoms with Gasteiger partial charge in [-0.05, 0) is 12.3 Å². The lowest BCUT2D eigenvalue weighted by atomic mass is 10.3. The highest BCUT2D eigenvalue weighted by molar-refractivity contribution is 5.23. The predicted molar refractivity (Wildman–Crippen MR) is 62.0 cm³/mol. The Balaban J connectivity index is 1.72. The van der Waals surface area contributed by atoms with E-state index in [9.17, 15) is 0 Å². The molecule has 0 radical (unpaired) electrons. The molecular weight excluding hydrogens is 234 g/mol. The van der Waals surface area contributed by atoms with Crippen LogP contribution < -0.4 is 10.5 Å². The molecule has 0 saturated heterocycles. The van der Waals surface area contributed by atoms with Crippen LogP contribution in [0.4, 0.5) is 5.95 Å². The SMILES string of the molecule is Nc1nc(OCCC2CC2)nc(-n2cncn2)n1. The van der Waals surface area contributed by atoms with Crippen LogP contribution >= 0.6 is 0 Å². The van der Waals surface area contributed by atoms with Gasteiger partial charge >= 0.3 is 6.01 Å². The minimum atomic E-state index is 0.108. The van der Waals surface area contributed by atoms with Gasteiger partial charge < -0.3 is 10.5 Å². The van der Waals surface area contributed by atoms with E-state index in [2.05, 4.69) is 25.0 Å². The Kier molecular flexibility index (Phi) is 2.75. The number of nitrogens with two attached hydrogens (primary N) is 1. The van der Waals surface area contributed by atoms with E-state index in [1.165, 1.54) is 30.2 Å². The van der Waals surface area contributed by atoms with Gasteiger partial charge in [-0.2, -0.15) is 24.7 Å². The highest BCUT2D eigenvalue weighted by atomic mass is 16.5. The molecule has 18 heavy (non-hydrogen) atoms. The summed E-state index contributed by atoms with van der Waals surface area (Å²) >= 11 is 0. The van der Waals surface area contributed by atoms with Gasteiger partial charge in [-0.25, -0.2) is 4.98 Å². The van der Waals surface area contributed by atoms with Crippen molar-refractivity contribution >= 4 is 5.95 Å². The second-order valence-electron chi connectivity index (χ2n) is 4.20. The molecule has 0 aromatic carbocycles. The van der Waals surface area contributed by atoms with Gasteiger partial charge in [-0.3, -0.25) is 0 Å². The zero-order chi connectivity index (χ0) is 12.4. The summed E-state index contributed by atoms with van der Waals surface area (Å²) in [5.74, 6) is 1.22. The molecular formula is C10H13N7O. The molecule has 0 atom stereocenters. The second-order valence-corrected chi connectivity index (χ2v) is 4.20. The molecule has 2 aromatic heterocycles. The van der Waals surface area contributed by atoms with Crippen LogP contribution in [-0.2, 0) is 0 Å². The van der Waals surface area contributed by atoms with Crippen molar-refractivity contribution in [2.45, 2.75) is 19.3 Å². The number of ether oxygens (including phenoxy) is 1. The molecule has 2 N–H and O–H groups in total. The third kappa shape index (κ3) is 2.53. The van der Waals surface area contributed by atoms with E-state index < -0.39 is 0 Å². The smallest absolute Gasteiger partial charge is 0.323 e. The lowest BCUT2D eigenvalue weighted by molar-refractivity contribution is 0.278. The maximum Gasteiger partial charge on any atom is 0.323 e. The first-order valence-electron chi connectivity index (χ1n) is 5.80. The average Bonchev–Trinajstić information content (AvgIpc) is 3.01. The van der Waals surface area contributed by atoms with E-state index >= 15 is 0 Å². The van der Waals surface area contributed by atoms with E-state index in [0.717, 1.165) is 12.3 Å². The van der Waals surface area contributed by atoms with Gasteiger partial charge in [0.1, 0.15) is 12.7 Å². The Morgan fingerprint density at radius 2 is 2.22 bits per heavy atom.